The van der Waals surface area contributed by atoms with E-state index in [0.29, 0.717) is 12.6 Å². The summed E-state index contributed by atoms with van der Waals surface area (Å²) in [6, 6.07) is 8.57. The number of aromatic nitrogens is 2. The SMILES string of the molecule is CC(Cc1ccc(Br)cc1)NC(=O)[C@@H]1CCO[C@H]1c1cnn(C(C)C)c1. The first-order chi connectivity index (χ1) is 12.4. The summed E-state index contributed by atoms with van der Waals surface area (Å²) in [5, 5.41) is 7.54. The summed E-state index contributed by atoms with van der Waals surface area (Å²) in [6.45, 7) is 6.82. The summed E-state index contributed by atoms with van der Waals surface area (Å²) in [5.41, 5.74) is 2.19. The van der Waals surface area contributed by atoms with Crippen LogP contribution in [0.2, 0.25) is 0 Å². The molecule has 0 bridgehead atoms. The third-order valence-electron chi connectivity index (χ3n) is 4.75. The fourth-order valence-corrected chi connectivity index (χ4v) is 3.61. The van der Waals surface area contributed by atoms with Crippen molar-refractivity contribution in [1.29, 1.82) is 0 Å². The molecule has 1 aliphatic rings. The second kappa shape index (κ2) is 8.35. The number of halogens is 1. The maximum absolute atomic E-state index is 12.8. The summed E-state index contributed by atoms with van der Waals surface area (Å²) < 4.78 is 8.83. The van der Waals surface area contributed by atoms with Crippen molar-refractivity contribution in [2.75, 3.05) is 6.61 Å². The van der Waals surface area contributed by atoms with Gasteiger partial charge in [-0.15, -0.1) is 0 Å². The van der Waals surface area contributed by atoms with Gasteiger partial charge in [0.2, 0.25) is 5.91 Å². The Morgan fingerprint density at radius 3 is 2.73 bits per heavy atom. The molecule has 0 radical (unpaired) electrons. The Labute approximate surface area is 163 Å². The molecule has 1 amide bonds. The van der Waals surface area contributed by atoms with Crippen LogP contribution in [0.1, 0.15) is 50.5 Å². The topological polar surface area (TPSA) is 56.1 Å². The molecule has 6 heteroatoms. The second-order valence-electron chi connectivity index (χ2n) is 7.27. The molecule has 3 atom stereocenters. The Morgan fingerprint density at radius 2 is 2.08 bits per heavy atom. The summed E-state index contributed by atoms with van der Waals surface area (Å²) in [7, 11) is 0. The number of hydrogen-bond acceptors (Lipinski definition) is 3. The molecule has 26 heavy (non-hydrogen) atoms. The Balaban J connectivity index is 1.61. The van der Waals surface area contributed by atoms with Crippen molar-refractivity contribution in [3.8, 4) is 0 Å². The molecule has 2 heterocycles. The summed E-state index contributed by atoms with van der Waals surface area (Å²) >= 11 is 3.45. The lowest BCUT2D eigenvalue weighted by molar-refractivity contribution is -0.127. The van der Waals surface area contributed by atoms with Gasteiger partial charge in [-0.3, -0.25) is 9.48 Å². The molecule has 0 aliphatic carbocycles. The molecular weight excluding hydrogens is 394 g/mol. The van der Waals surface area contributed by atoms with Crippen LogP contribution in [0, 0.1) is 5.92 Å². The minimum atomic E-state index is -0.206. The van der Waals surface area contributed by atoms with Crippen LogP contribution in [0.15, 0.2) is 41.1 Å². The number of hydrogen-bond donors (Lipinski definition) is 1. The number of benzene rings is 1. The van der Waals surface area contributed by atoms with E-state index in [0.717, 1.165) is 22.9 Å². The van der Waals surface area contributed by atoms with Crippen molar-refractivity contribution in [2.45, 2.75) is 51.8 Å². The molecule has 140 valence electrons. The van der Waals surface area contributed by atoms with E-state index < -0.39 is 0 Å². The van der Waals surface area contributed by atoms with Gasteiger partial charge in [-0.2, -0.15) is 5.10 Å². The molecule has 5 nitrogen and oxygen atoms in total. The van der Waals surface area contributed by atoms with E-state index in [4.69, 9.17) is 4.74 Å². The van der Waals surface area contributed by atoms with Gasteiger partial charge in [0.05, 0.1) is 18.2 Å². The standard InChI is InChI=1S/C20H26BrN3O2/c1-13(2)24-12-16(11-22-24)19-18(8-9-26-19)20(25)23-14(3)10-15-4-6-17(21)7-5-15/h4-7,11-14,18-19H,8-10H2,1-3H3,(H,23,25)/t14?,18-,19+/m1/s1. The Morgan fingerprint density at radius 1 is 1.35 bits per heavy atom. The molecule has 1 aromatic heterocycles. The maximum Gasteiger partial charge on any atom is 0.226 e. The minimum Gasteiger partial charge on any atom is -0.373 e. The average Bonchev–Trinajstić information content (AvgIpc) is 3.25. The summed E-state index contributed by atoms with van der Waals surface area (Å²) in [5.74, 6) is -0.0958. The lowest BCUT2D eigenvalue weighted by atomic mass is 9.95. The maximum atomic E-state index is 12.8. The number of nitrogens with one attached hydrogen (secondary N) is 1. The number of carbonyl (C=O) groups excluding carboxylic acids is 1. The van der Waals surface area contributed by atoms with Crippen LogP contribution in [-0.2, 0) is 16.0 Å². The Bertz CT molecular complexity index is 742. The molecular formula is C20H26BrN3O2. The first kappa shape index (κ1) is 19.1. The molecule has 1 aliphatic heterocycles. The molecule has 1 saturated heterocycles. The van der Waals surface area contributed by atoms with E-state index in [1.165, 1.54) is 5.56 Å². The van der Waals surface area contributed by atoms with E-state index in [2.05, 4.69) is 52.3 Å². The largest absolute Gasteiger partial charge is 0.373 e. The molecule has 1 N–H and O–H groups in total. The summed E-state index contributed by atoms with van der Waals surface area (Å²) in [6.07, 6.45) is 5.16. The molecule has 1 fully saturated rings. The molecule has 2 aromatic rings. The summed E-state index contributed by atoms with van der Waals surface area (Å²) in [4.78, 5) is 12.8. The van der Waals surface area contributed by atoms with Gasteiger partial charge < -0.3 is 10.1 Å². The lowest BCUT2D eigenvalue weighted by Gasteiger charge is -2.20. The molecule has 1 aromatic carbocycles. The van der Waals surface area contributed by atoms with Crippen LogP contribution in [0.4, 0.5) is 0 Å². The van der Waals surface area contributed by atoms with Crippen LogP contribution in [0.3, 0.4) is 0 Å². The first-order valence-electron chi connectivity index (χ1n) is 9.14. The van der Waals surface area contributed by atoms with E-state index in [1.807, 2.05) is 36.1 Å². The number of amides is 1. The average molecular weight is 420 g/mol. The number of ether oxygens (including phenoxy) is 1. The number of rotatable bonds is 6. The molecule has 1 unspecified atom stereocenters. The highest BCUT2D eigenvalue weighted by Gasteiger charge is 2.36. The normalized spacial score (nSPS) is 21.1. The lowest BCUT2D eigenvalue weighted by Crippen LogP contribution is -2.39. The van der Waals surface area contributed by atoms with E-state index in [-0.39, 0.29) is 24.0 Å². The highest BCUT2D eigenvalue weighted by molar-refractivity contribution is 9.10. The van der Waals surface area contributed by atoms with Crippen molar-refractivity contribution in [3.05, 3.63) is 52.3 Å². The zero-order chi connectivity index (χ0) is 18.7. The third-order valence-corrected chi connectivity index (χ3v) is 5.28. The highest BCUT2D eigenvalue weighted by Crippen LogP contribution is 2.34. The smallest absolute Gasteiger partial charge is 0.226 e. The van der Waals surface area contributed by atoms with Crippen LogP contribution >= 0.6 is 15.9 Å². The molecule has 0 spiro atoms. The third kappa shape index (κ3) is 4.54. The van der Waals surface area contributed by atoms with Crippen LogP contribution in [0.25, 0.3) is 0 Å². The van der Waals surface area contributed by atoms with E-state index in [9.17, 15) is 4.79 Å². The van der Waals surface area contributed by atoms with Crippen molar-refractivity contribution >= 4 is 21.8 Å². The zero-order valence-corrected chi connectivity index (χ0v) is 17.1. The first-order valence-corrected chi connectivity index (χ1v) is 9.94. The molecule has 3 rings (SSSR count). The van der Waals surface area contributed by atoms with Gasteiger partial charge >= 0.3 is 0 Å². The monoisotopic (exact) mass is 419 g/mol. The van der Waals surface area contributed by atoms with E-state index >= 15 is 0 Å². The van der Waals surface area contributed by atoms with Gasteiger partial charge in [-0.1, -0.05) is 28.1 Å². The van der Waals surface area contributed by atoms with Crippen LogP contribution < -0.4 is 5.32 Å². The van der Waals surface area contributed by atoms with Crippen molar-refractivity contribution < 1.29 is 9.53 Å². The Kier molecular flexibility index (Phi) is 6.14. The predicted molar refractivity (Wildman–Crippen MR) is 105 cm³/mol. The highest BCUT2D eigenvalue weighted by atomic mass is 79.9. The Hall–Kier alpha value is -1.66. The fraction of sp³-hybridized carbons (Fsp3) is 0.500. The van der Waals surface area contributed by atoms with Crippen molar-refractivity contribution in [1.82, 2.24) is 15.1 Å². The van der Waals surface area contributed by atoms with Crippen molar-refractivity contribution in [2.24, 2.45) is 5.92 Å². The van der Waals surface area contributed by atoms with Crippen LogP contribution in [0.5, 0.6) is 0 Å². The quantitative estimate of drug-likeness (QED) is 0.767. The predicted octanol–water partition coefficient (Wildman–Crippen LogP) is 4.05. The van der Waals surface area contributed by atoms with Gasteiger partial charge in [0.25, 0.3) is 0 Å². The van der Waals surface area contributed by atoms with Gasteiger partial charge in [-0.05, 0) is 51.3 Å². The van der Waals surface area contributed by atoms with Gasteiger partial charge in [0.15, 0.2) is 0 Å². The fourth-order valence-electron chi connectivity index (χ4n) is 3.34. The van der Waals surface area contributed by atoms with Gasteiger partial charge in [-0.25, -0.2) is 0 Å². The van der Waals surface area contributed by atoms with E-state index in [1.54, 1.807) is 0 Å². The molecule has 0 saturated carbocycles. The van der Waals surface area contributed by atoms with Crippen molar-refractivity contribution in [3.63, 3.8) is 0 Å². The van der Waals surface area contributed by atoms with Crippen LogP contribution in [-0.4, -0.2) is 28.3 Å². The second-order valence-corrected chi connectivity index (χ2v) is 8.19. The number of nitrogens with zero attached hydrogens (tertiary/aromatic N) is 2. The zero-order valence-electron chi connectivity index (χ0n) is 15.5. The van der Waals surface area contributed by atoms with Gasteiger partial charge in [0.1, 0.15) is 0 Å². The van der Waals surface area contributed by atoms with Gasteiger partial charge in [0, 0.05) is 34.9 Å². The number of carbonyl (C=O) groups is 1. The minimum absolute atomic E-state index is 0.0643.